The lowest BCUT2D eigenvalue weighted by Crippen LogP contribution is -2.15. The normalized spacial score (nSPS) is 10.2. The Morgan fingerprint density at radius 1 is 1.43 bits per heavy atom. The zero-order valence-corrected chi connectivity index (χ0v) is 12.3. The van der Waals surface area contributed by atoms with E-state index in [2.05, 4.69) is 26.2 Å². The van der Waals surface area contributed by atoms with Crippen molar-refractivity contribution in [2.24, 2.45) is 0 Å². The van der Waals surface area contributed by atoms with E-state index in [1.54, 1.807) is 6.07 Å². The number of aromatic nitrogens is 1. The molecule has 0 aliphatic carbocycles. The number of benzene rings is 1. The Morgan fingerprint density at radius 2 is 2.14 bits per heavy atom. The van der Waals surface area contributed by atoms with Crippen LogP contribution in [0.5, 0.6) is 0 Å². The molecule has 0 atom stereocenters. The van der Waals surface area contributed by atoms with Crippen LogP contribution >= 0.6 is 15.9 Å². The third kappa shape index (κ3) is 3.40. The molecule has 0 aliphatic rings. The maximum absolute atomic E-state index is 13.7. The van der Waals surface area contributed by atoms with E-state index in [4.69, 9.17) is 0 Å². The van der Waals surface area contributed by atoms with E-state index in [0.717, 1.165) is 22.2 Å². The summed E-state index contributed by atoms with van der Waals surface area (Å²) in [6.07, 6.45) is 1.51. The van der Waals surface area contributed by atoms with Gasteiger partial charge in [-0.2, -0.15) is 0 Å². The summed E-state index contributed by atoms with van der Waals surface area (Å²) in [5, 5.41) is 13.0. The molecule has 0 fully saturated rings. The first-order valence-corrected chi connectivity index (χ1v) is 6.55. The fraction of sp³-hybridized carbons (Fsp3) is 0.0769. The summed E-state index contributed by atoms with van der Waals surface area (Å²) in [5.74, 6) is -1.43. The smallest absolute Gasteiger partial charge is 0.272 e. The van der Waals surface area contributed by atoms with Gasteiger partial charge in [0.15, 0.2) is 0 Å². The highest BCUT2D eigenvalue weighted by molar-refractivity contribution is 9.10. The highest BCUT2D eigenvalue weighted by Gasteiger charge is 2.16. The molecule has 0 bridgehead atoms. The first-order valence-electron chi connectivity index (χ1n) is 5.76. The molecular formula is C13H9BrFN3O3. The number of non-ortho nitro benzene ring substituents is 1. The van der Waals surface area contributed by atoms with Crippen LogP contribution in [0.1, 0.15) is 15.9 Å². The highest BCUT2D eigenvalue weighted by Crippen LogP contribution is 2.20. The van der Waals surface area contributed by atoms with Crippen LogP contribution in [0, 0.1) is 22.9 Å². The molecule has 0 unspecified atom stereocenters. The van der Waals surface area contributed by atoms with Gasteiger partial charge in [0.1, 0.15) is 11.6 Å². The van der Waals surface area contributed by atoms with Crippen molar-refractivity contribution >= 4 is 33.3 Å². The van der Waals surface area contributed by atoms with E-state index >= 15 is 0 Å². The number of rotatable bonds is 3. The highest BCUT2D eigenvalue weighted by atomic mass is 79.9. The summed E-state index contributed by atoms with van der Waals surface area (Å²) in [6.45, 7) is 1.81. The molecule has 0 saturated carbocycles. The molecule has 0 radical (unpaired) electrons. The van der Waals surface area contributed by atoms with Gasteiger partial charge in [0.25, 0.3) is 11.6 Å². The fourth-order valence-electron chi connectivity index (χ4n) is 1.59. The van der Waals surface area contributed by atoms with Gasteiger partial charge in [-0.05, 0) is 40.5 Å². The predicted molar refractivity (Wildman–Crippen MR) is 77.7 cm³/mol. The van der Waals surface area contributed by atoms with Gasteiger partial charge in [-0.1, -0.05) is 0 Å². The Hall–Kier alpha value is -2.35. The molecule has 0 aliphatic heterocycles. The van der Waals surface area contributed by atoms with Crippen LogP contribution in [0.2, 0.25) is 0 Å². The first-order chi connectivity index (χ1) is 9.88. The first kappa shape index (κ1) is 15.0. The van der Waals surface area contributed by atoms with Crippen molar-refractivity contribution in [2.75, 3.05) is 5.32 Å². The van der Waals surface area contributed by atoms with Crippen LogP contribution in [0.3, 0.4) is 0 Å². The fourth-order valence-corrected chi connectivity index (χ4v) is 1.81. The zero-order chi connectivity index (χ0) is 15.6. The standard InChI is InChI=1S/C13H9BrFN3O3/c1-7-4-12(16-6-10(7)14)17-13(19)9-3-2-8(18(20)21)5-11(9)15/h2-6H,1H3,(H,16,17,19). The van der Waals surface area contributed by atoms with Crippen molar-refractivity contribution < 1.29 is 14.1 Å². The average Bonchev–Trinajstić information content (AvgIpc) is 2.42. The summed E-state index contributed by atoms with van der Waals surface area (Å²) in [6, 6.07) is 4.45. The van der Waals surface area contributed by atoms with Crippen molar-refractivity contribution in [3.05, 3.63) is 62.0 Å². The molecule has 1 amide bonds. The molecule has 0 spiro atoms. The molecule has 2 aromatic rings. The van der Waals surface area contributed by atoms with Crippen LogP contribution in [0.25, 0.3) is 0 Å². The second-order valence-electron chi connectivity index (χ2n) is 4.19. The number of amides is 1. The third-order valence-corrected chi connectivity index (χ3v) is 3.53. The molecular weight excluding hydrogens is 345 g/mol. The zero-order valence-electron chi connectivity index (χ0n) is 10.8. The van der Waals surface area contributed by atoms with Crippen LogP contribution in [0.15, 0.2) is 34.9 Å². The van der Waals surface area contributed by atoms with Crippen LogP contribution < -0.4 is 5.32 Å². The lowest BCUT2D eigenvalue weighted by Gasteiger charge is -2.06. The van der Waals surface area contributed by atoms with Gasteiger partial charge in [0, 0.05) is 16.7 Å². The maximum Gasteiger partial charge on any atom is 0.272 e. The Kier molecular flexibility index (Phi) is 4.27. The van der Waals surface area contributed by atoms with Gasteiger partial charge in [-0.3, -0.25) is 14.9 Å². The number of halogens is 2. The number of hydrogen-bond acceptors (Lipinski definition) is 4. The van der Waals surface area contributed by atoms with E-state index in [9.17, 15) is 19.3 Å². The van der Waals surface area contributed by atoms with Crippen molar-refractivity contribution in [2.45, 2.75) is 6.92 Å². The van der Waals surface area contributed by atoms with E-state index in [1.807, 2.05) is 6.92 Å². The van der Waals surface area contributed by atoms with Crippen molar-refractivity contribution in [3.63, 3.8) is 0 Å². The number of nitro groups is 1. The predicted octanol–water partition coefficient (Wildman–Crippen LogP) is 3.45. The molecule has 1 aromatic carbocycles. The third-order valence-electron chi connectivity index (χ3n) is 2.70. The minimum Gasteiger partial charge on any atom is -0.306 e. The van der Waals surface area contributed by atoms with Crippen LogP contribution in [-0.2, 0) is 0 Å². The van der Waals surface area contributed by atoms with Crippen LogP contribution in [-0.4, -0.2) is 15.8 Å². The number of anilines is 1. The van der Waals surface area contributed by atoms with E-state index in [1.165, 1.54) is 6.20 Å². The van der Waals surface area contributed by atoms with Gasteiger partial charge in [0.2, 0.25) is 0 Å². The van der Waals surface area contributed by atoms with Crippen LogP contribution in [0.4, 0.5) is 15.9 Å². The monoisotopic (exact) mass is 353 g/mol. The molecule has 8 heteroatoms. The second kappa shape index (κ2) is 5.96. The lowest BCUT2D eigenvalue weighted by molar-refractivity contribution is -0.385. The minimum atomic E-state index is -0.962. The number of aryl methyl sites for hydroxylation is 1. The van der Waals surface area contributed by atoms with Gasteiger partial charge in [-0.25, -0.2) is 9.37 Å². The van der Waals surface area contributed by atoms with Crippen molar-refractivity contribution in [1.29, 1.82) is 0 Å². The van der Waals surface area contributed by atoms with E-state index in [0.29, 0.717) is 6.07 Å². The molecule has 2 rings (SSSR count). The lowest BCUT2D eigenvalue weighted by atomic mass is 10.2. The number of nitrogens with one attached hydrogen (secondary N) is 1. The molecule has 108 valence electrons. The Bertz CT molecular complexity index is 737. The molecule has 21 heavy (non-hydrogen) atoms. The van der Waals surface area contributed by atoms with Gasteiger partial charge in [0.05, 0.1) is 16.6 Å². The Morgan fingerprint density at radius 3 is 2.71 bits per heavy atom. The van der Waals surface area contributed by atoms with Gasteiger partial charge >= 0.3 is 0 Å². The summed E-state index contributed by atoms with van der Waals surface area (Å²) < 4.78 is 14.5. The second-order valence-corrected chi connectivity index (χ2v) is 5.05. The SMILES string of the molecule is Cc1cc(NC(=O)c2ccc([N+](=O)[O-])cc2F)ncc1Br. The summed E-state index contributed by atoms with van der Waals surface area (Å²) >= 11 is 3.27. The topological polar surface area (TPSA) is 85.1 Å². The number of carbonyl (C=O) groups is 1. The average molecular weight is 354 g/mol. The summed E-state index contributed by atoms with van der Waals surface area (Å²) in [4.78, 5) is 25.7. The quantitative estimate of drug-likeness (QED) is 0.676. The number of pyridine rings is 1. The molecule has 1 aromatic heterocycles. The minimum absolute atomic E-state index is 0.262. The van der Waals surface area contributed by atoms with E-state index < -0.39 is 22.3 Å². The number of nitro benzene ring substituents is 1. The Balaban J connectivity index is 2.24. The van der Waals surface area contributed by atoms with Crippen molar-refractivity contribution in [1.82, 2.24) is 4.98 Å². The van der Waals surface area contributed by atoms with E-state index in [-0.39, 0.29) is 11.4 Å². The molecule has 6 nitrogen and oxygen atoms in total. The number of hydrogen-bond donors (Lipinski definition) is 1. The molecule has 1 N–H and O–H groups in total. The number of carbonyl (C=O) groups excluding carboxylic acids is 1. The van der Waals surface area contributed by atoms with Gasteiger partial charge in [-0.15, -0.1) is 0 Å². The Labute approximate surface area is 127 Å². The number of nitrogens with zero attached hydrogens (tertiary/aromatic N) is 2. The molecule has 1 heterocycles. The summed E-state index contributed by atoms with van der Waals surface area (Å²) in [5.41, 5.74) is 0.147. The van der Waals surface area contributed by atoms with Gasteiger partial charge < -0.3 is 5.32 Å². The molecule has 0 saturated heterocycles. The summed E-state index contributed by atoms with van der Waals surface area (Å²) in [7, 11) is 0. The maximum atomic E-state index is 13.7. The largest absolute Gasteiger partial charge is 0.306 e. The van der Waals surface area contributed by atoms with Crippen molar-refractivity contribution in [3.8, 4) is 0 Å².